The molecule has 2 heterocycles. The molecular formula is C19H19N3O2S2. The number of hydrazone groups is 1. The van der Waals surface area contributed by atoms with Crippen LogP contribution in [0.3, 0.4) is 0 Å². The van der Waals surface area contributed by atoms with Crippen LogP contribution in [-0.2, 0) is 0 Å². The molecule has 0 saturated heterocycles. The van der Waals surface area contributed by atoms with E-state index in [0.717, 1.165) is 33.2 Å². The molecule has 3 N–H and O–H groups in total. The molecule has 0 atom stereocenters. The van der Waals surface area contributed by atoms with Crippen LogP contribution in [0.25, 0.3) is 10.4 Å². The lowest BCUT2D eigenvalue weighted by molar-refractivity contribution is 0.0959. The van der Waals surface area contributed by atoms with E-state index < -0.39 is 0 Å². The average Bonchev–Trinajstić information content (AvgIpc) is 3.32. The molecule has 134 valence electrons. The summed E-state index contributed by atoms with van der Waals surface area (Å²) in [6, 6.07) is 13.4. The van der Waals surface area contributed by atoms with Crippen molar-refractivity contribution in [2.24, 2.45) is 5.10 Å². The average molecular weight is 386 g/mol. The van der Waals surface area contributed by atoms with Crippen molar-refractivity contribution in [1.29, 1.82) is 0 Å². The maximum atomic E-state index is 12.5. The van der Waals surface area contributed by atoms with Crippen molar-refractivity contribution in [3.63, 3.8) is 0 Å². The van der Waals surface area contributed by atoms with Crippen LogP contribution in [-0.4, -0.2) is 18.7 Å². The van der Waals surface area contributed by atoms with Crippen molar-refractivity contribution in [2.45, 2.75) is 13.3 Å². The van der Waals surface area contributed by atoms with Crippen molar-refractivity contribution < 1.29 is 9.53 Å². The molecular weight excluding hydrogens is 366 g/mol. The van der Waals surface area contributed by atoms with E-state index in [2.05, 4.69) is 10.5 Å². The van der Waals surface area contributed by atoms with Gasteiger partial charge in [0.1, 0.15) is 10.6 Å². The molecule has 2 aromatic heterocycles. The number of benzene rings is 1. The number of ether oxygens (including phenoxy) is 1. The summed E-state index contributed by atoms with van der Waals surface area (Å²) < 4.78 is 5.17. The van der Waals surface area contributed by atoms with Crippen LogP contribution in [0, 0.1) is 0 Å². The van der Waals surface area contributed by atoms with Gasteiger partial charge in [0.15, 0.2) is 0 Å². The van der Waals surface area contributed by atoms with E-state index >= 15 is 0 Å². The Labute approximate surface area is 160 Å². The van der Waals surface area contributed by atoms with Gasteiger partial charge in [-0.1, -0.05) is 13.0 Å². The highest BCUT2D eigenvalue weighted by Crippen LogP contribution is 2.34. The molecule has 5 nitrogen and oxygen atoms in total. The largest absolute Gasteiger partial charge is 0.497 e. The molecule has 0 radical (unpaired) electrons. The minimum absolute atomic E-state index is 0.297. The molecule has 0 unspecified atom stereocenters. The minimum atomic E-state index is -0.297. The fourth-order valence-electron chi connectivity index (χ4n) is 2.40. The number of nitrogens with two attached hydrogens (primary N) is 1. The Morgan fingerprint density at radius 2 is 2.04 bits per heavy atom. The molecule has 1 aromatic carbocycles. The SMILES string of the molecule is CC/C(=N/NC(=O)c1sc(-c2ccc(OC)cc2)cc1N)c1cccs1. The highest BCUT2D eigenvalue weighted by atomic mass is 32.1. The zero-order chi connectivity index (χ0) is 18.5. The summed E-state index contributed by atoms with van der Waals surface area (Å²) in [5, 5.41) is 6.26. The monoisotopic (exact) mass is 385 g/mol. The molecule has 0 spiro atoms. The third kappa shape index (κ3) is 3.95. The number of amides is 1. The fraction of sp³-hybridized carbons (Fsp3) is 0.158. The lowest BCUT2D eigenvalue weighted by atomic mass is 10.2. The number of nitrogens with zero attached hydrogens (tertiary/aromatic N) is 1. The number of anilines is 1. The molecule has 1 amide bonds. The highest BCUT2D eigenvalue weighted by molar-refractivity contribution is 7.18. The van der Waals surface area contributed by atoms with Gasteiger partial charge in [0.2, 0.25) is 0 Å². The molecule has 7 heteroatoms. The van der Waals surface area contributed by atoms with E-state index in [-0.39, 0.29) is 5.91 Å². The zero-order valence-electron chi connectivity index (χ0n) is 14.5. The molecule has 3 rings (SSSR count). The van der Waals surface area contributed by atoms with Crippen molar-refractivity contribution in [3.8, 4) is 16.2 Å². The van der Waals surface area contributed by atoms with E-state index in [1.807, 2.05) is 54.8 Å². The van der Waals surface area contributed by atoms with Crippen LogP contribution >= 0.6 is 22.7 Å². The summed E-state index contributed by atoms with van der Waals surface area (Å²) in [6.07, 6.45) is 0.734. The number of carbonyl (C=O) groups excluding carboxylic acids is 1. The normalized spacial score (nSPS) is 11.4. The van der Waals surface area contributed by atoms with E-state index in [9.17, 15) is 4.79 Å². The summed E-state index contributed by atoms with van der Waals surface area (Å²) in [5.41, 5.74) is 11.0. The van der Waals surface area contributed by atoms with Gasteiger partial charge >= 0.3 is 0 Å². The Kier molecular flexibility index (Phi) is 5.70. The molecule has 0 aliphatic carbocycles. The van der Waals surface area contributed by atoms with Crippen molar-refractivity contribution in [3.05, 3.63) is 57.6 Å². The standard InChI is InChI=1S/C19H19N3O2S2/c1-3-15(16-5-4-10-25-16)21-22-19(23)18-14(20)11-17(26-18)12-6-8-13(24-2)9-7-12/h4-11H,3,20H2,1-2H3,(H,22,23)/b21-15-. The van der Waals surface area contributed by atoms with Crippen LogP contribution in [0.5, 0.6) is 5.75 Å². The zero-order valence-corrected chi connectivity index (χ0v) is 16.1. The topological polar surface area (TPSA) is 76.7 Å². The van der Waals surface area contributed by atoms with Gasteiger partial charge in [-0.2, -0.15) is 5.10 Å². The molecule has 0 bridgehead atoms. The van der Waals surface area contributed by atoms with E-state index in [4.69, 9.17) is 10.5 Å². The first kappa shape index (κ1) is 18.2. The van der Waals surface area contributed by atoms with Gasteiger partial charge < -0.3 is 10.5 Å². The van der Waals surface area contributed by atoms with Crippen LogP contribution < -0.4 is 15.9 Å². The number of nitrogens with one attached hydrogen (secondary N) is 1. The smallest absolute Gasteiger partial charge is 0.283 e. The van der Waals surface area contributed by atoms with Gasteiger partial charge in [-0.3, -0.25) is 4.79 Å². The molecule has 0 fully saturated rings. The number of rotatable bonds is 6. The van der Waals surface area contributed by atoms with Gasteiger partial charge in [-0.25, -0.2) is 5.43 Å². The number of nitrogen functional groups attached to an aromatic ring is 1. The van der Waals surface area contributed by atoms with E-state index in [1.165, 1.54) is 11.3 Å². The number of hydrogen-bond donors (Lipinski definition) is 2. The number of methoxy groups -OCH3 is 1. The maximum Gasteiger partial charge on any atom is 0.283 e. The van der Waals surface area contributed by atoms with Crippen LogP contribution in [0.2, 0.25) is 0 Å². The van der Waals surface area contributed by atoms with Gasteiger partial charge in [-0.15, -0.1) is 22.7 Å². The molecule has 26 heavy (non-hydrogen) atoms. The quantitative estimate of drug-likeness (QED) is 0.480. The lowest BCUT2D eigenvalue weighted by Crippen LogP contribution is -2.19. The maximum absolute atomic E-state index is 12.5. The summed E-state index contributed by atoms with van der Waals surface area (Å²) in [6.45, 7) is 2.01. The summed E-state index contributed by atoms with van der Waals surface area (Å²) in [7, 11) is 1.63. The Morgan fingerprint density at radius 1 is 1.27 bits per heavy atom. The highest BCUT2D eigenvalue weighted by Gasteiger charge is 2.15. The second-order valence-electron chi connectivity index (χ2n) is 5.45. The van der Waals surface area contributed by atoms with Crippen molar-refractivity contribution >= 4 is 40.0 Å². The summed E-state index contributed by atoms with van der Waals surface area (Å²) in [5.74, 6) is 0.487. The molecule has 0 aliphatic heterocycles. The number of hydrogen-bond acceptors (Lipinski definition) is 6. The van der Waals surface area contributed by atoms with Crippen LogP contribution in [0.15, 0.2) is 52.9 Å². The van der Waals surface area contributed by atoms with E-state index in [1.54, 1.807) is 18.4 Å². The van der Waals surface area contributed by atoms with Crippen molar-refractivity contribution in [1.82, 2.24) is 5.43 Å². The first-order valence-electron chi connectivity index (χ1n) is 8.07. The fourth-order valence-corrected chi connectivity index (χ4v) is 4.16. The minimum Gasteiger partial charge on any atom is -0.497 e. The Hall–Kier alpha value is -2.64. The second-order valence-corrected chi connectivity index (χ2v) is 7.45. The molecule has 3 aromatic rings. The van der Waals surface area contributed by atoms with Crippen LogP contribution in [0.4, 0.5) is 5.69 Å². The lowest BCUT2D eigenvalue weighted by Gasteiger charge is -2.02. The predicted octanol–water partition coefficient (Wildman–Crippen LogP) is 4.61. The Balaban J connectivity index is 1.78. The summed E-state index contributed by atoms with van der Waals surface area (Å²) in [4.78, 5) is 14.9. The van der Waals surface area contributed by atoms with Gasteiger partial charge in [0, 0.05) is 4.88 Å². The summed E-state index contributed by atoms with van der Waals surface area (Å²) >= 11 is 2.94. The van der Waals surface area contributed by atoms with Gasteiger partial charge in [0.05, 0.1) is 23.4 Å². The predicted molar refractivity (Wildman–Crippen MR) is 109 cm³/mol. The van der Waals surface area contributed by atoms with Gasteiger partial charge in [0.25, 0.3) is 5.91 Å². The Morgan fingerprint density at radius 3 is 2.65 bits per heavy atom. The first-order chi connectivity index (χ1) is 12.6. The number of thiophene rings is 2. The first-order valence-corrected chi connectivity index (χ1v) is 9.76. The molecule has 0 aliphatic rings. The Bertz CT molecular complexity index is 913. The molecule has 0 saturated carbocycles. The van der Waals surface area contributed by atoms with Crippen LogP contribution in [0.1, 0.15) is 27.9 Å². The second kappa shape index (κ2) is 8.16. The van der Waals surface area contributed by atoms with Gasteiger partial charge in [-0.05, 0) is 53.8 Å². The number of carbonyl (C=O) groups is 1. The third-order valence-corrected chi connectivity index (χ3v) is 5.89. The van der Waals surface area contributed by atoms with Crippen molar-refractivity contribution in [2.75, 3.05) is 12.8 Å². The third-order valence-electron chi connectivity index (χ3n) is 3.77. The van der Waals surface area contributed by atoms with E-state index in [0.29, 0.717) is 10.6 Å².